The fraction of sp³-hybridized carbons (Fsp3) is 0.357. The molecule has 1 aliphatic heterocycles. The van der Waals surface area contributed by atoms with Crippen LogP contribution in [0, 0.1) is 0 Å². The van der Waals surface area contributed by atoms with Crippen molar-refractivity contribution in [2.75, 3.05) is 6.54 Å². The van der Waals surface area contributed by atoms with Crippen LogP contribution in [0.25, 0.3) is 0 Å². The zero-order valence-electron chi connectivity index (χ0n) is 11.2. The summed E-state index contributed by atoms with van der Waals surface area (Å²) < 4.78 is 0. The van der Waals surface area contributed by atoms with E-state index in [4.69, 9.17) is 10.2 Å². The molecule has 1 aliphatic rings. The summed E-state index contributed by atoms with van der Waals surface area (Å²) in [5, 5.41) is 20.5. The minimum absolute atomic E-state index is 0.270. The number of likely N-dealkylation sites (tertiary alicyclic amines) is 1. The minimum atomic E-state index is -1.17. The maximum absolute atomic E-state index is 11.2. The molecule has 1 aromatic carbocycles. The Bertz CT molecular complexity index is 560. The second kappa shape index (κ2) is 6.25. The molecule has 0 aliphatic carbocycles. The SMILES string of the molecule is O=CNC(C(=O)O)c1cccc(C2CCCN2C(=O)O)c1. The van der Waals surface area contributed by atoms with Gasteiger partial charge in [-0.2, -0.15) is 0 Å². The van der Waals surface area contributed by atoms with Gasteiger partial charge in [-0.05, 0) is 24.0 Å². The summed E-state index contributed by atoms with van der Waals surface area (Å²) in [7, 11) is 0. The first kappa shape index (κ1) is 14.8. The lowest BCUT2D eigenvalue weighted by atomic mass is 9.98. The molecule has 2 unspecified atom stereocenters. The van der Waals surface area contributed by atoms with Crippen LogP contribution in [0.15, 0.2) is 24.3 Å². The van der Waals surface area contributed by atoms with E-state index < -0.39 is 18.1 Å². The summed E-state index contributed by atoms with van der Waals surface area (Å²) in [6.07, 6.45) is 0.832. The van der Waals surface area contributed by atoms with E-state index in [9.17, 15) is 14.4 Å². The molecule has 0 saturated carbocycles. The maximum Gasteiger partial charge on any atom is 0.407 e. The number of nitrogens with one attached hydrogen (secondary N) is 1. The van der Waals surface area contributed by atoms with E-state index >= 15 is 0 Å². The predicted molar refractivity (Wildman–Crippen MR) is 72.7 cm³/mol. The van der Waals surface area contributed by atoms with E-state index in [1.165, 1.54) is 4.90 Å². The molecule has 2 rings (SSSR count). The molecule has 112 valence electrons. The molecular formula is C14H16N2O5. The lowest BCUT2D eigenvalue weighted by Crippen LogP contribution is -2.29. The van der Waals surface area contributed by atoms with E-state index in [0.29, 0.717) is 24.9 Å². The second-order valence-corrected chi connectivity index (χ2v) is 4.86. The molecule has 2 amide bonds. The van der Waals surface area contributed by atoms with Gasteiger partial charge in [0.15, 0.2) is 6.04 Å². The maximum atomic E-state index is 11.2. The highest BCUT2D eigenvalue weighted by Crippen LogP contribution is 2.32. The number of nitrogens with zero attached hydrogens (tertiary/aromatic N) is 1. The number of carbonyl (C=O) groups is 3. The Morgan fingerprint density at radius 1 is 1.38 bits per heavy atom. The number of carboxylic acid groups (broad SMARTS) is 2. The van der Waals surface area contributed by atoms with Gasteiger partial charge in [-0.1, -0.05) is 24.3 Å². The van der Waals surface area contributed by atoms with Gasteiger partial charge >= 0.3 is 12.1 Å². The quantitative estimate of drug-likeness (QED) is 0.711. The van der Waals surface area contributed by atoms with Crippen molar-refractivity contribution in [3.8, 4) is 0 Å². The number of aliphatic carboxylic acids is 1. The van der Waals surface area contributed by atoms with Crippen LogP contribution in [0.5, 0.6) is 0 Å². The lowest BCUT2D eigenvalue weighted by molar-refractivity contribution is -0.140. The van der Waals surface area contributed by atoms with Crippen LogP contribution in [0.2, 0.25) is 0 Å². The first-order valence-corrected chi connectivity index (χ1v) is 6.56. The van der Waals surface area contributed by atoms with E-state index in [2.05, 4.69) is 5.32 Å². The number of rotatable bonds is 5. The molecule has 1 aromatic rings. The highest BCUT2D eigenvalue weighted by molar-refractivity contribution is 5.78. The number of hydrogen-bond donors (Lipinski definition) is 3. The third-order valence-electron chi connectivity index (χ3n) is 3.61. The molecule has 1 heterocycles. The first-order chi connectivity index (χ1) is 10.0. The number of carbonyl (C=O) groups excluding carboxylic acids is 1. The molecule has 1 saturated heterocycles. The van der Waals surface area contributed by atoms with Crippen LogP contribution in [0.3, 0.4) is 0 Å². The van der Waals surface area contributed by atoms with E-state index in [0.717, 1.165) is 12.0 Å². The smallest absolute Gasteiger partial charge is 0.407 e. The molecule has 0 aromatic heterocycles. The van der Waals surface area contributed by atoms with Crippen molar-refractivity contribution < 1.29 is 24.6 Å². The molecule has 7 heteroatoms. The van der Waals surface area contributed by atoms with Crippen molar-refractivity contribution >= 4 is 18.5 Å². The van der Waals surface area contributed by atoms with Crippen LogP contribution in [-0.4, -0.2) is 40.1 Å². The fourth-order valence-corrected chi connectivity index (χ4v) is 2.67. The Morgan fingerprint density at radius 3 is 2.76 bits per heavy atom. The molecule has 3 N–H and O–H groups in total. The molecule has 0 spiro atoms. The Hall–Kier alpha value is -2.57. The Kier molecular flexibility index (Phi) is 4.42. The van der Waals surface area contributed by atoms with Gasteiger partial charge in [0.25, 0.3) is 0 Å². The highest BCUT2D eigenvalue weighted by atomic mass is 16.4. The summed E-state index contributed by atoms with van der Waals surface area (Å²) in [6, 6.07) is 5.27. The van der Waals surface area contributed by atoms with Crippen molar-refractivity contribution in [3.63, 3.8) is 0 Å². The highest BCUT2D eigenvalue weighted by Gasteiger charge is 2.30. The Morgan fingerprint density at radius 2 is 2.14 bits per heavy atom. The van der Waals surface area contributed by atoms with Crippen LogP contribution < -0.4 is 5.32 Å². The van der Waals surface area contributed by atoms with E-state index in [-0.39, 0.29) is 6.04 Å². The number of amides is 2. The normalized spacial score (nSPS) is 19.0. The standard InChI is InChI=1S/C14H16N2O5/c17-8-15-12(13(18)19)10-4-1-3-9(7-10)11-5-2-6-16(11)14(20)21/h1,3-4,7-8,11-12H,2,5-6H2,(H,15,17)(H,18,19)(H,20,21). The van der Waals surface area contributed by atoms with Crippen molar-refractivity contribution in [1.29, 1.82) is 0 Å². The van der Waals surface area contributed by atoms with Crippen LogP contribution >= 0.6 is 0 Å². The van der Waals surface area contributed by atoms with Crippen molar-refractivity contribution in [2.24, 2.45) is 0 Å². The van der Waals surface area contributed by atoms with Gasteiger partial charge in [-0.3, -0.25) is 4.79 Å². The van der Waals surface area contributed by atoms with Gasteiger partial charge in [0.05, 0.1) is 6.04 Å². The lowest BCUT2D eigenvalue weighted by Gasteiger charge is -2.23. The fourth-order valence-electron chi connectivity index (χ4n) is 2.67. The summed E-state index contributed by atoms with van der Waals surface area (Å²) in [6.45, 7) is 0.471. The van der Waals surface area contributed by atoms with Gasteiger partial charge in [0, 0.05) is 6.54 Å². The summed E-state index contributed by atoms with van der Waals surface area (Å²) >= 11 is 0. The Labute approximate surface area is 121 Å². The molecule has 7 nitrogen and oxygen atoms in total. The number of hydrogen-bond acceptors (Lipinski definition) is 3. The zero-order chi connectivity index (χ0) is 15.4. The van der Waals surface area contributed by atoms with Crippen molar-refractivity contribution in [1.82, 2.24) is 10.2 Å². The average molecular weight is 292 g/mol. The molecular weight excluding hydrogens is 276 g/mol. The molecule has 1 fully saturated rings. The largest absolute Gasteiger partial charge is 0.479 e. The van der Waals surface area contributed by atoms with Gasteiger partial charge in [0.1, 0.15) is 0 Å². The number of benzene rings is 1. The van der Waals surface area contributed by atoms with E-state index in [1.807, 2.05) is 0 Å². The zero-order valence-corrected chi connectivity index (χ0v) is 11.2. The third kappa shape index (κ3) is 3.13. The van der Waals surface area contributed by atoms with Gasteiger partial charge in [-0.25, -0.2) is 9.59 Å². The van der Waals surface area contributed by atoms with Gasteiger partial charge in [-0.15, -0.1) is 0 Å². The summed E-state index contributed by atoms with van der Waals surface area (Å²) in [5.74, 6) is -1.17. The van der Waals surface area contributed by atoms with Gasteiger partial charge < -0.3 is 20.4 Å². The predicted octanol–water partition coefficient (Wildman–Crippen LogP) is 1.37. The monoisotopic (exact) mass is 292 g/mol. The molecule has 0 radical (unpaired) electrons. The Balaban J connectivity index is 2.30. The van der Waals surface area contributed by atoms with E-state index in [1.54, 1.807) is 24.3 Å². The van der Waals surface area contributed by atoms with Crippen LogP contribution in [0.1, 0.15) is 36.1 Å². The summed E-state index contributed by atoms with van der Waals surface area (Å²) in [5.41, 5.74) is 1.16. The van der Waals surface area contributed by atoms with Crippen molar-refractivity contribution in [3.05, 3.63) is 35.4 Å². The number of carboxylic acids is 1. The van der Waals surface area contributed by atoms with Crippen LogP contribution in [-0.2, 0) is 9.59 Å². The third-order valence-corrected chi connectivity index (χ3v) is 3.61. The topological polar surface area (TPSA) is 107 Å². The van der Waals surface area contributed by atoms with Crippen LogP contribution in [0.4, 0.5) is 4.79 Å². The first-order valence-electron chi connectivity index (χ1n) is 6.56. The van der Waals surface area contributed by atoms with Crippen molar-refractivity contribution in [2.45, 2.75) is 24.9 Å². The minimum Gasteiger partial charge on any atom is -0.479 e. The average Bonchev–Trinajstić information content (AvgIpc) is 2.94. The molecule has 21 heavy (non-hydrogen) atoms. The molecule has 0 bridgehead atoms. The molecule has 2 atom stereocenters. The van der Waals surface area contributed by atoms with Gasteiger partial charge in [0.2, 0.25) is 6.41 Å². The second-order valence-electron chi connectivity index (χ2n) is 4.86. The summed E-state index contributed by atoms with van der Waals surface area (Å²) in [4.78, 5) is 34.2.